The molecule has 0 saturated carbocycles. The van der Waals surface area contributed by atoms with Gasteiger partial charge in [0, 0.05) is 12.7 Å². The van der Waals surface area contributed by atoms with Crippen LogP contribution in [0.25, 0.3) is 0 Å². The molecule has 0 heterocycles. The van der Waals surface area contributed by atoms with Gasteiger partial charge >= 0.3 is 5.97 Å². The zero-order valence-electron chi connectivity index (χ0n) is 9.45. The first-order chi connectivity index (χ1) is 9.22. The fourth-order valence-corrected chi connectivity index (χ4v) is 5.90. The van der Waals surface area contributed by atoms with Crippen molar-refractivity contribution in [3.8, 4) is 0 Å². The van der Waals surface area contributed by atoms with Gasteiger partial charge in [-0.1, -0.05) is 0 Å². The minimum atomic E-state index is -1.85. The summed E-state index contributed by atoms with van der Waals surface area (Å²) in [6, 6.07) is 0. The molecule has 1 aromatic rings. The van der Waals surface area contributed by atoms with Gasteiger partial charge < -0.3 is 20.6 Å². The maximum Gasteiger partial charge on any atom is 0.337 e. The minimum Gasteiger partial charge on any atom is -0.478 e. The molecule has 0 radical (unpaired) electrons. The van der Waals surface area contributed by atoms with Gasteiger partial charge in [0.1, 0.15) is 5.88 Å². The number of carboxylic acids is 1. The van der Waals surface area contributed by atoms with Gasteiger partial charge in [0.05, 0.1) is 14.8 Å². The average molecular weight is 637 g/mol. The number of nitrogens with one attached hydrogen (secondary N) is 1. The number of carbonyl (C=O) groups is 2. The quantitative estimate of drug-likeness (QED) is 0.231. The number of hydrogen-bond donors (Lipinski definition) is 4. The summed E-state index contributed by atoms with van der Waals surface area (Å²) in [7, 11) is 0. The zero-order valence-corrected chi connectivity index (χ0v) is 16.7. The van der Waals surface area contributed by atoms with E-state index in [4.69, 9.17) is 11.6 Å². The van der Waals surface area contributed by atoms with E-state index in [0.717, 1.165) is 0 Å². The molecule has 0 spiro atoms. The van der Waals surface area contributed by atoms with Crippen LogP contribution < -0.4 is 5.32 Å². The van der Waals surface area contributed by atoms with E-state index in [1.165, 1.54) is 0 Å². The molecule has 110 valence electrons. The molecule has 0 fully saturated rings. The van der Waals surface area contributed by atoms with Gasteiger partial charge in [0.25, 0.3) is 0 Å². The highest BCUT2D eigenvalue weighted by atomic mass is 127. The number of amides is 1. The Morgan fingerprint density at radius 3 is 2.10 bits per heavy atom. The number of benzene rings is 1. The van der Waals surface area contributed by atoms with Crippen molar-refractivity contribution in [2.24, 2.45) is 0 Å². The van der Waals surface area contributed by atoms with Gasteiger partial charge in [-0.05, 0) is 67.8 Å². The standard InChI is InChI=1S/C10H7ClI3NO5/c11-1-2(16)15-8-6(13)3(9(17)18)5(12)4(7(8)14)10(19)20/h9,17-18H,1H2,(H,15,16)(H,19,20). The first-order valence-corrected chi connectivity index (χ1v) is 8.65. The maximum absolute atomic E-state index is 11.4. The van der Waals surface area contributed by atoms with Gasteiger partial charge in [0.15, 0.2) is 6.29 Å². The van der Waals surface area contributed by atoms with Crippen LogP contribution in [-0.2, 0) is 4.79 Å². The molecule has 0 bridgehead atoms. The van der Waals surface area contributed by atoms with Crippen molar-refractivity contribution in [1.29, 1.82) is 0 Å². The topological polar surface area (TPSA) is 107 Å². The van der Waals surface area contributed by atoms with E-state index in [9.17, 15) is 24.9 Å². The first kappa shape index (κ1) is 18.6. The third-order valence-electron chi connectivity index (χ3n) is 2.21. The molecule has 0 saturated heterocycles. The number of aliphatic hydroxyl groups excluding tert-OH is 1. The molecule has 20 heavy (non-hydrogen) atoms. The van der Waals surface area contributed by atoms with Crippen LogP contribution in [0, 0.1) is 10.7 Å². The summed E-state index contributed by atoms with van der Waals surface area (Å²) in [5, 5.41) is 30.5. The van der Waals surface area contributed by atoms with E-state index in [1.54, 1.807) is 45.2 Å². The van der Waals surface area contributed by atoms with Crippen molar-refractivity contribution in [2.45, 2.75) is 6.29 Å². The van der Waals surface area contributed by atoms with Crippen molar-refractivity contribution in [3.05, 3.63) is 21.8 Å². The highest BCUT2D eigenvalue weighted by Crippen LogP contribution is 2.37. The van der Waals surface area contributed by atoms with Crippen LogP contribution in [0.4, 0.5) is 5.69 Å². The molecule has 4 N–H and O–H groups in total. The van der Waals surface area contributed by atoms with Crippen LogP contribution in [-0.4, -0.2) is 33.1 Å². The lowest BCUT2D eigenvalue weighted by atomic mass is 10.1. The average Bonchev–Trinajstić information content (AvgIpc) is 2.33. The Hall–Kier alpha value is 0.560. The van der Waals surface area contributed by atoms with Crippen LogP contribution in [0.3, 0.4) is 0 Å². The van der Waals surface area contributed by atoms with Crippen molar-refractivity contribution in [2.75, 3.05) is 11.2 Å². The molecule has 1 aromatic carbocycles. The van der Waals surface area contributed by atoms with Crippen LogP contribution in [0.15, 0.2) is 0 Å². The second kappa shape index (κ2) is 7.71. The Bertz CT molecular complexity index is 579. The highest BCUT2D eigenvalue weighted by molar-refractivity contribution is 14.1. The number of aliphatic hydroxyl groups is 2. The van der Waals surface area contributed by atoms with Gasteiger partial charge in [-0.3, -0.25) is 4.79 Å². The maximum atomic E-state index is 11.4. The Morgan fingerprint density at radius 1 is 1.15 bits per heavy atom. The molecular weight excluding hydrogens is 630 g/mol. The van der Waals surface area contributed by atoms with Crippen LogP contribution in [0.5, 0.6) is 0 Å². The Kier molecular flexibility index (Phi) is 7.17. The number of rotatable bonds is 4. The van der Waals surface area contributed by atoms with Crippen molar-refractivity contribution in [1.82, 2.24) is 0 Å². The second-order valence-electron chi connectivity index (χ2n) is 3.47. The van der Waals surface area contributed by atoms with Crippen LogP contribution in [0.1, 0.15) is 22.2 Å². The minimum absolute atomic E-state index is 0.0360. The molecule has 10 heteroatoms. The molecule has 0 unspecified atom stereocenters. The van der Waals surface area contributed by atoms with Gasteiger partial charge in [-0.25, -0.2) is 4.79 Å². The summed E-state index contributed by atoms with van der Waals surface area (Å²) in [6.07, 6.45) is -1.85. The molecule has 0 aliphatic carbocycles. The predicted molar refractivity (Wildman–Crippen MR) is 98.1 cm³/mol. The molecule has 0 aromatic heterocycles. The monoisotopic (exact) mass is 637 g/mol. The fraction of sp³-hybridized carbons (Fsp3) is 0.200. The lowest BCUT2D eigenvalue weighted by molar-refractivity contribution is -0.114. The lowest BCUT2D eigenvalue weighted by Crippen LogP contribution is -2.19. The third-order valence-corrected chi connectivity index (χ3v) is 5.77. The summed E-state index contributed by atoms with van der Waals surface area (Å²) in [5.74, 6) is -2.03. The highest BCUT2D eigenvalue weighted by Gasteiger charge is 2.27. The number of halogens is 4. The number of carbonyl (C=O) groups excluding carboxylic acids is 1. The molecular formula is C10H7ClI3NO5. The Balaban J connectivity index is 3.66. The van der Waals surface area contributed by atoms with Crippen molar-refractivity contribution >= 4 is 96.9 Å². The third kappa shape index (κ3) is 3.85. The predicted octanol–water partition coefficient (Wildman–Crippen LogP) is 2.36. The largest absolute Gasteiger partial charge is 0.478 e. The van der Waals surface area contributed by atoms with Crippen molar-refractivity contribution < 1.29 is 24.9 Å². The summed E-state index contributed by atoms with van der Waals surface area (Å²) in [6.45, 7) is 0. The van der Waals surface area contributed by atoms with E-state index < -0.39 is 18.2 Å². The lowest BCUT2D eigenvalue weighted by Gasteiger charge is -2.18. The zero-order chi connectivity index (χ0) is 15.6. The van der Waals surface area contributed by atoms with Crippen LogP contribution >= 0.6 is 79.4 Å². The Labute approximate surface area is 159 Å². The van der Waals surface area contributed by atoms with E-state index in [0.29, 0.717) is 7.14 Å². The van der Waals surface area contributed by atoms with Gasteiger partial charge in [-0.15, -0.1) is 11.6 Å². The SMILES string of the molecule is O=C(CCl)Nc1c(I)c(C(=O)O)c(I)c(C(O)O)c1I. The molecule has 1 amide bonds. The molecule has 1 rings (SSSR count). The van der Waals surface area contributed by atoms with E-state index in [-0.39, 0.29) is 26.3 Å². The van der Waals surface area contributed by atoms with Gasteiger partial charge in [-0.2, -0.15) is 0 Å². The van der Waals surface area contributed by atoms with Crippen molar-refractivity contribution in [3.63, 3.8) is 0 Å². The number of alkyl halides is 1. The molecule has 0 aliphatic heterocycles. The first-order valence-electron chi connectivity index (χ1n) is 4.87. The number of carboxylic acid groups (broad SMARTS) is 1. The molecule has 0 atom stereocenters. The van der Waals surface area contributed by atoms with Crippen LogP contribution in [0.2, 0.25) is 0 Å². The number of aromatic carboxylic acids is 1. The summed E-state index contributed by atoms with van der Waals surface area (Å²) < 4.78 is 0.865. The number of anilines is 1. The second-order valence-corrected chi connectivity index (χ2v) is 6.97. The van der Waals surface area contributed by atoms with E-state index >= 15 is 0 Å². The summed E-state index contributed by atoms with van der Waals surface area (Å²) in [4.78, 5) is 22.7. The Morgan fingerprint density at radius 2 is 1.70 bits per heavy atom. The normalized spacial score (nSPS) is 10.8. The van der Waals surface area contributed by atoms with E-state index in [2.05, 4.69) is 5.32 Å². The summed E-state index contributed by atoms with van der Waals surface area (Å²) in [5.41, 5.74) is 0.145. The fourth-order valence-electron chi connectivity index (χ4n) is 1.38. The van der Waals surface area contributed by atoms with E-state index in [1.807, 2.05) is 22.6 Å². The number of hydrogen-bond acceptors (Lipinski definition) is 4. The molecule has 0 aliphatic rings. The van der Waals surface area contributed by atoms with Gasteiger partial charge in [0.2, 0.25) is 5.91 Å². The summed E-state index contributed by atoms with van der Waals surface area (Å²) >= 11 is 10.7. The smallest absolute Gasteiger partial charge is 0.337 e. The molecule has 6 nitrogen and oxygen atoms in total.